The molecule has 0 saturated heterocycles. The Labute approximate surface area is 200 Å². The second-order valence-corrected chi connectivity index (χ2v) is 10.3. The molecule has 0 radical (unpaired) electrons. The van der Waals surface area contributed by atoms with Crippen molar-refractivity contribution in [1.82, 2.24) is 0 Å². The average Bonchev–Trinajstić information content (AvgIpc) is 2.80. The SMILES string of the molecule is Cc1cc(S(=O)(=O)Nc2cc(SCC(=O)O)c(O)c3ccccc23)ccc1-c1ccc(F)cc1. The molecule has 0 aliphatic carbocycles. The van der Waals surface area contributed by atoms with E-state index in [2.05, 4.69) is 4.72 Å². The number of aromatic hydroxyl groups is 1. The number of phenolic OH excluding ortho intramolecular Hbond substituents is 1. The van der Waals surface area contributed by atoms with Crippen molar-refractivity contribution in [3.8, 4) is 16.9 Å². The number of aliphatic carboxylic acids is 1. The summed E-state index contributed by atoms with van der Waals surface area (Å²) in [5.74, 6) is -1.81. The molecule has 0 spiro atoms. The highest BCUT2D eigenvalue weighted by Crippen LogP contribution is 2.40. The number of hydrogen-bond donors (Lipinski definition) is 3. The molecule has 0 aliphatic rings. The first-order chi connectivity index (χ1) is 16.2. The number of carboxylic acids is 1. The van der Waals surface area contributed by atoms with E-state index in [9.17, 15) is 22.7 Å². The average molecular weight is 498 g/mol. The van der Waals surface area contributed by atoms with Crippen LogP contribution in [-0.4, -0.2) is 30.4 Å². The zero-order chi connectivity index (χ0) is 24.5. The second-order valence-electron chi connectivity index (χ2n) is 7.59. The van der Waals surface area contributed by atoms with Crippen LogP contribution in [0.25, 0.3) is 21.9 Å². The predicted molar refractivity (Wildman–Crippen MR) is 131 cm³/mol. The molecule has 0 atom stereocenters. The van der Waals surface area contributed by atoms with Crippen molar-refractivity contribution in [1.29, 1.82) is 0 Å². The standard InChI is InChI=1S/C25H20FNO5S2/c1-15-12-18(10-11-19(15)16-6-8-17(26)9-7-16)34(31,32)27-22-13-23(33-14-24(28)29)25(30)21-5-3-2-4-20(21)22/h2-13,27,30H,14H2,1H3,(H,28,29). The van der Waals surface area contributed by atoms with Crippen molar-refractivity contribution < 1.29 is 27.8 Å². The van der Waals surface area contributed by atoms with E-state index in [4.69, 9.17) is 5.11 Å². The number of phenols is 1. The molecule has 4 rings (SSSR count). The van der Waals surface area contributed by atoms with Gasteiger partial charge in [-0.05, 0) is 53.9 Å². The van der Waals surface area contributed by atoms with E-state index in [0.29, 0.717) is 16.3 Å². The van der Waals surface area contributed by atoms with E-state index in [1.807, 2.05) is 0 Å². The number of sulfonamides is 1. The molecule has 0 fully saturated rings. The van der Waals surface area contributed by atoms with Gasteiger partial charge in [0.15, 0.2) is 0 Å². The van der Waals surface area contributed by atoms with Crippen LogP contribution in [0.4, 0.5) is 10.1 Å². The van der Waals surface area contributed by atoms with Gasteiger partial charge in [-0.15, -0.1) is 11.8 Å². The number of rotatable bonds is 7. The fourth-order valence-electron chi connectivity index (χ4n) is 3.63. The highest BCUT2D eigenvalue weighted by atomic mass is 32.2. The predicted octanol–water partition coefficient (Wildman–Crippen LogP) is 5.64. The molecule has 3 N–H and O–H groups in total. The van der Waals surface area contributed by atoms with Gasteiger partial charge in [-0.3, -0.25) is 9.52 Å². The van der Waals surface area contributed by atoms with Gasteiger partial charge >= 0.3 is 5.97 Å². The fraction of sp³-hybridized carbons (Fsp3) is 0.0800. The number of halogens is 1. The summed E-state index contributed by atoms with van der Waals surface area (Å²) < 4.78 is 42.3. The maximum Gasteiger partial charge on any atom is 0.313 e. The highest BCUT2D eigenvalue weighted by molar-refractivity contribution is 8.00. The molecule has 0 unspecified atom stereocenters. The molecule has 34 heavy (non-hydrogen) atoms. The summed E-state index contributed by atoms with van der Waals surface area (Å²) in [6.45, 7) is 1.77. The number of fused-ring (bicyclic) bond motifs is 1. The zero-order valence-corrected chi connectivity index (χ0v) is 19.6. The first-order valence-corrected chi connectivity index (χ1v) is 12.6. The molecule has 0 aromatic heterocycles. The van der Waals surface area contributed by atoms with Crippen molar-refractivity contribution in [2.24, 2.45) is 0 Å². The minimum Gasteiger partial charge on any atom is -0.506 e. The smallest absolute Gasteiger partial charge is 0.313 e. The Morgan fingerprint density at radius 1 is 1.00 bits per heavy atom. The number of carboxylic acid groups (broad SMARTS) is 1. The molecule has 0 aliphatic heterocycles. The van der Waals surface area contributed by atoms with E-state index >= 15 is 0 Å². The van der Waals surface area contributed by atoms with E-state index in [-0.39, 0.29) is 32.8 Å². The molecule has 9 heteroatoms. The molecule has 0 heterocycles. The lowest BCUT2D eigenvalue weighted by Crippen LogP contribution is -2.13. The summed E-state index contributed by atoms with van der Waals surface area (Å²) in [6.07, 6.45) is 0. The number of benzene rings is 4. The Morgan fingerprint density at radius 2 is 1.68 bits per heavy atom. The van der Waals surface area contributed by atoms with Gasteiger partial charge < -0.3 is 10.2 Å². The van der Waals surface area contributed by atoms with Crippen LogP contribution < -0.4 is 4.72 Å². The number of thioether (sulfide) groups is 1. The van der Waals surface area contributed by atoms with Gasteiger partial charge in [0.1, 0.15) is 11.6 Å². The minimum atomic E-state index is -4.01. The quantitative estimate of drug-likeness (QED) is 0.226. The van der Waals surface area contributed by atoms with Crippen molar-refractivity contribution in [3.05, 3.63) is 84.2 Å². The monoisotopic (exact) mass is 497 g/mol. The van der Waals surface area contributed by atoms with Gasteiger partial charge in [0.25, 0.3) is 10.0 Å². The molecule has 4 aromatic rings. The van der Waals surface area contributed by atoms with Crippen molar-refractivity contribution in [2.75, 3.05) is 10.5 Å². The summed E-state index contributed by atoms with van der Waals surface area (Å²) in [6, 6.07) is 18.8. The Hall–Kier alpha value is -3.56. The first kappa shape index (κ1) is 23.6. The topological polar surface area (TPSA) is 104 Å². The first-order valence-electron chi connectivity index (χ1n) is 10.1. The van der Waals surface area contributed by atoms with Gasteiger partial charge in [0.2, 0.25) is 0 Å². The number of nitrogens with one attached hydrogen (secondary N) is 1. The number of carbonyl (C=O) groups is 1. The molecule has 6 nitrogen and oxygen atoms in total. The summed E-state index contributed by atoms with van der Waals surface area (Å²) in [7, 11) is -4.01. The zero-order valence-electron chi connectivity index (χ0n) is 17.9. The maximum atomic E-state index is 13.2. The normalized spacial score (nSPS) is 11.5. The summed E-state index contributed by atoms with van der Waals surface area (Å²) >= 11 is 0.898. The molecule has 174 valence electrons. The molecule has 4 aromatic carbocycles. The lowest BCUT2D eigenvalue weighted by molar-refractivity contribution is -0.133. The molecule has 0 saturated carbocycles. The van der Waals surface area contributed by atoms with Crippen LogP contribution in [0.2, 0.25) is 0 Å². The third-order valence-electron chi connectivity index (χ3n) is 5.24. The molecule has 0 amide bonds. The largest absolute Gasteiger partial charge is 0.506 e. The number of aryl methyl sites for hydroxylation is 1. The van der Waals surface area contributed by atoms with Crippen LogP contribution in [0.5, 0.6) is 5.75 Å². The lowest BCUT2D eigenvalue weighted by atomic mass is 10.0. The molecule has 0 bridgehead atoms. The van der Waals surface area contributed by atoms with Gasteiger partial charge in [-0.1, -0.05) is 42.5 Å². The van der Waals surface area contributed by atoms with Crippen LogP contribution in [0.3, 0.4) is 0 Å². The third-order valence-corrected chi connectivity index (χ3v) is 7.62. The van der Waals surface area contributed by atoms with Gasteiger partial charge in [-0.2, -0.15) is 0 Å². The summed E-state index contributed by atoms with van der Waals surface area (Å²) in [5, 5.41) is 20.5. The Bertz CT molecular complexity index is 1500. The number of anilines is 1. The van der Waals surface area contributed by atoms with Gasteiger partial charge in [0.05, 0.1) is 21.2 Å². The van der Waals surface area contributed by atoms with Crippen molar-refractivity contribution in [2.45, 2.75) is 16.7 Å². The Balaban J connectivity index is 1.72. The fourth-order valence-corrected chi connectivity index (χ4v) is 5.51. The van der Waals surface area contributed by atoms with Crippen LogP contribution in [0.1, 0.15) is 5.56 Å². The van der Waals surface area contributed by atoms with Crippen molar-refractivity contribution >= 4 is 44.2 Å². The molecular weight excluding hydrogens is 477 g/mol. The minimum absolute atomic E-state index is 0.0350. The summed E-state index contributed by atoms with van der Waals surface area (Å²) in [5.41, 5.74) is 2.46. The van der Waals surface area contributed by atoms with Gasteiger partial charge in [0, 0.05) is 10.8 Å². The third kappa shape index (κ3) is 4.85. The Kier molecular flexibility index (Phi) is 6.49. The lowest BCUT2D eigenvalue weighted by Gasteiger charge is -2.15. The second kappa shape index (κ2) is 9.36. The van der Waals surface area contributed by atoms with E-state index in [1.165, 1.54) is 30.3 Å². The maximum absolute atomic E-state index is 13.2. The Morgan fingerprint density at radius 3 is 2.32 bits per heavy atom. The van der Waals surface area contributed by atoms with E-state index < -0.39 is 16.0 Å². The van der Waals surface area contributed by atoms with E-state index in [0.717, 1.165) is 22.9 Å². The molecular formula is C25H20FNO5S2. The highest BCUT2D eigenvalue weighted by Gasteiger charge is 2.20. The van der Waals surface area contributed by atoms with Crippen molar-refractivity contribution in [3.63, 3.8) is 0 Å². The number of hydrogen-bond acceptors (Lipinski definition) is 5. The van der Waals surface area contributed by atoms with E-state index in [1.54, 1.807) is 49.4 Å². The van der Waals surface area contributed by atoms with Crippen LogP contribution in [-0.2, 0) is 14.8 Å². The summed E-state index contributed by atoms with van der Waals surface area (Å²) in [4.78, 5) is 11.3. The van der Waals surface area contributed by atoms with Crippen LogP contribution in [0, 0.1) is 12.7 Å². The van der Waals surface area contributed by atoms with Crippen LogP contribution >= 0.6 is 11.8 Å². The van der Waals surface area contributed by atoms with Crippen LogP contribution in [0.15, 0.2) is 82.6 Å². The van der Waals surface area contributed by atoms with Gasteiger partial charge in [-0.25, -0.2) is 12.8 Å².